The van der Waals surface area contributed by atoms with Gasteiger partial charge in [-0.3, -0.25) is 4.57 Å². The third kappa shape index (κ3) is 3.24. The van der Waals surface area contributed by atoms with Crippen molar-refractivity contribution in [2.45, 2.75) is 18.0 Å². The molecule has 1 fully saturated rings. The smallest absolute Gasteiger partial charge is 0.232 e. The second-order valence-corrected chi connectivity index (χ2v) is 6.57. The molecule has 7 heteroatoms. The normalized spacial score (nSPS) is 14.7. The van der Waals surface area contributed by atoms with E-state index in [9.17, 15) is 0 Å². The molecule has 1 aromatic heterocycles. The Balaban J connectivity index is 1.98. The third-order valence-electron chi connectivity index (χ3n) is 3.62. The summed E-state index contributed by atoms with van der Waals surface area (Å²) in [4.78, 5) is 2.27. The second kappa shape index (κ2) is 7.35. The fourth-order valence-electron chi connectivity index (χ4n) is 2.54. The van der Waals surface area contributed by atoms with Gasteiger partial charge in [-0.1, -0.05) is 35.5 Å². The number of anilines is 1. The zero-order valence-corrected chi connectivity index (χ0v) is 14.1. The maximum atomic E-state index is 6.40. The van der Waals surface area contributed by atoms with E-state index in [0.29, 0.717) is 11.6 Å². The van der Waals surface area contributed by atoms with E-state index in [4.69, 9.17) is 16.3 Å². The fourth-order valence-corrected chi connectivity index (χ4v) is 3.60. The first kappa shape index (κ1) is 15.6. The number of rotatable bonds is 6. The Labute approximate surface area is 139 Å². The van der Waals surface area contributed by atoms with E-state index < -0.39 is 0 Å². The maximum absolute atomic E-state index is 6.40. The molecule has 2 heterocycles. The highest BCUT2D eigenvalue weighted by Crippen LogP contribution is 2.31. The topological polar surface area (TPSA) is 43.2 Å². The summed E-state index contributed by atoms with van der Waals surface area (Å²) in [5, 5.41) is 10.3. The first-order valence-corrected chi connectivity index (χ1v) is 8.74. The average molecular weight is 339 g/mol. The number of methoxy groups -OCH3 is 1. The summed E-state index contributed by atoms with van der Waals surface area (Å²) in [5.74, 6) is 1.71. The zero-order chi connectivity index (χ0) is 15.4. The summed E-state index contributed by atoms with van der Waals surface area (Å²) in [6.07, 6.45) is 2.39. The molecule has 0 bridgehead atoms. The predicted molar refractivity (Wildman–Crippen MR) is 90.4 cm³/mol. The number of thioether (sulfide) groups is 1. The lowest BCUT2D eigenvalue weighted by atomic mass is 10.3. The van der Waals surface area contributed by atoms with Crippen LogP contribution >= 0.6 is 23.4 Å². The van der Waals surface area contributed by atoms with Gasteiger partial charge in [0.1, 0.15) is 0 Å². The van der Waals surface area contributed by atoms with Crippen LogP contribution in [0.2, 0.25) is 5.02 Å². The summed E-state index contributed by atoms with van der Waals surface area (Å²) in [6.45, 7) is 2.72. The van der Waals surface area contributed by atoms with E-state index in [-0.39, 0.29) is 0 Å². The number of nitrogens with zero attached hydrogens (tertiary/aromatic N) is 4. The molecule has 0 radical (unpaired) electrons. The number of halogens is 1. The van der Waals surface area contributed by atoms with Gasteiger partial charge in [-0.25, -0.2) is 0 Å². The van der Waals surface area contributed by atoms with Gasteiger partial charge in [-0.2, -0.15) is 0 Å². The van der Waals surface area contributed by atoms with Gasteiger partial charge in [0.2, 0.25) is 5.95 Å². The number of aromatic nitrogens is 3. The largest absolute Gasteiger partial charge is 0.384 e. The molecule has 118 valence electrons. The number of ether oxygens (including phenoxy) is 1. The Bertz CT molecular complexity index is 628. The van der Waals surface area contributed by atoms with E-state index in [0.717, 1.165) is 35.6 Å². The molecule has 5 nitrogen and oxygen atoms in total. The van der Waals surface area contributed by atoms with Crippen LogP contribution < -0.4 is 4.90 Å². The highest BCUT2D eigenvalue weighted by molar-refractivity contribution is 7.99. The summed E-state index contributed by atoms with van der Waals surface area (Å²) >= 11 is 8.03. The molecule has 22 heavy (non-hydrogen) atoms. The van der Waals surface area contributed by atoms with Crippen molar-refractivity contribution in [1.29, 1.82) is 0 Å². The van der Waals surface area contributed by atoms with Gasteiger partial charge in [0.15, 0.2) is 5.16 Å². The molecule has 0 saturated carbocycles. The summed E-state index contributed by atoms with van der Waals surface area (Å²) in [6, 6.07) is 7.82. The molecule has 0 spiro atoms. The first-order valence-electron chi connectivity index (χ1n) is 7.38. The maximum Gasteiger partial charge on any atom is 0.232 e. The van der Waals surface area contributed by atoms with E-state index >= 15 is 0 Å². The Morgan fingerprint density at radius 1 is 1.23 bits per heavy atom. The Morgan fingerprint density at radius 2 is 2.00 bits per heavy atom. The molecular weight excluding hydrogens is 320 g/mol. The number of hydrogen-bond donors (Lipinski definition) is 0. The lowest BCUT2D eigenvalue weighted by Gasteiger charge is -2.19. The molecule has 1 aliphatic heterocycles. The first-order chi connectivity index (χ1) is 10.8. The average Bonchev–Trinajstić information content (AvgIpc) is 3.17. The predicted octanol–water partition coefficient (Wildman–Crippen LogP) is 3.26. The molecule has 1 saturated heterocycles. The van der Waals surface area contributed by atoms with Gasteiger partial charge in [0.25, 0.3) is 0 Å². The molecule has 0 unspecified atom stereocenters. The van der Waals surface area contributed by atoms with Crippen LogP contribution in [-0.4, -0.2) is 47.3 Å². The standard InChI is InChI=1S/C15H19ClN4OS/c1-21-10-11-22-15-18-17-14(19-8-4-5-9-19)20(15)13-7-3-2-6-12(13)16/h2-3,6-7H,4-5,8-11H2,1H3. The van der Waals surface area contributed by atoms with Gasteiger partial charge >= 0.3 is 0 Å². The number of benzene rings is 1. The lowest BCUT2D eigenvalue weighted by molar-refractivity contribution is 0.218. The van der Waals surface area contributed by atoms with E-state index in [1.807, 2.05) is 24.3 Å². The molecule has 1 aliphatic rings. The zero-order valence-electron chi connectivity index (χ0n) is 12.5. The molecule has 0 aliphatic carbocycles. The van der Waals surface area contributed by atoms with Crippen LogP contribution in [0, 0.1) is 0 Å². The van der Waals surface area contributed by atoms with Gasteiger partial charge in [-0.15, -0.1) is 10.2 Å². The quantitative estimate of drug-likeness (QED) is 0.597. The number of para-hydroxylation sites is 1. The van der Waals surface area contributed by atoms with Crippen LogP contribution in [0.25, 0.3) is 5.69 Å². The molecule has 0 N–H and O–H groups in total. The van der Waals surface area contributed by atoms with Crippen molar-refractivity contribution in [2.75, 3.05) is 37.5 Å². The molecule has 0 atom stereocenters. The molecule has 1 aromatic carbocycles. The Kier molecular flexibility index (Phi) is 5.23. The summed E-state index contributed by atoms with van der Waals surface area (Å²) < 4.78 is 7.19. The van der Waals surface area contributed by atoms with Crippen LogP contribution in [0.15, 0.2) is 29.4 Å². The monoisotopic (exact) mass is 338 g/mol. The van der Waals surface area contributed by atoms with Crippen molar-refractivity contribution in [2.24, 2.45) is 0 Å². The van der Waals surface area contributed by atoms with Gasteiger partial charge in [0.05, 0.1) is 17.3 Å². The van der Waals surface area contributed by atoms with E-state index in [2.05, 4.69) is 19.7 Å². The highest BCUT2D eigenvalue weighted by Gasteiger charge is 2.23. The minimum atomic E-state index is 0.680. The molecular formula is C15H19ClN4OS. The SMILES string of the molecule is COCCSc1nnc(N2CCCC2)n1-c1ccccc1Cl. The van der Waals surface area contributed by atoms with Crippen molar-refractivity contribution in [3.8, 4) is 5.69 Å². The second-order valence-electron chi connectivity index (χ2n) is 5.10. The molecule has 2 aromatic rings. The lowest BCUT2D eigenvalue weighted by Crippen LogP contribution is -2.22. The number of hydrogen-bond acceptors (Lipinski definition) is 5. The van der Waals surface area contributed by atoms with Gasteiger partial charge < -0.3 is 9.64 Å². The van der Waals surface area contributed by atoms with Crippen molar-refractivity contribution in [3.05, 3.63) is 29.3 Å². The highest BCUT2D eigenvalue weighted by atomic mass is 35.5. The van der Waals surface area contributed by atoms with Crippen molar-refractivity contribution in [1.82, 2.24) is 14.8 Å². The van der Waals surface area contributed by atoms with Crippen molar-refractivity contribution in [3.63, 3.8) is 0 Å². The minimum absolute atomic E-state index is 0.680. The van der Waals surface area contributed by atoms with Crippen molar-refractivity contribution < 1.29 is 4.74 Å². The minimum Gasteiger partial charge on any atom is -0.384 e. The fraction of sp³-hybridized carbons (Fsp3) is 0.467. The summed E-state index contributed by atoms with van der Waals surface area (Å²) in [7, 11) is 1.70. The van der Waals surface area contributed by atoms with Gasteiger partial charge in [-0.05, 0) is 25.0 Å². The van der Waals surface area contributed by atoms with Gasteiger partial charge in [0, 0.05) is 26.0 Å². The van der Waals surface area contributed by atoms with E-state index in [1.54, 1.807) is 18.9 Å². The third-order valence-corrected chi connectivity index (χ3v) is 4.83. The van der Waals surface area contributed by atoms with Crippen LogP contribution in [0.5, 0.6) is 0 Å². The Morgan fingerprint density at radius 3 is 2.73 bits per heavy atom. The Hall–Kier alpha value is -1.24. The van der Waals surface area contributed by atoms with Crippen LogP contribution in [0.4, 0.5) is 5.95 Å². The van der Waals surface area contributed by atoms with Crippen LogP contribution in [0.1, 0.15) is 12.8 Å². The van der Waals surface area contributed by atoms with E-state index in [1.165, 1.54) is 12.8 Å². The van der Waals surface area contributed by atoms with Crippen LogP contribution in [-0.2, 0) is 4.74 Å². The summed E-state index contributed by atoms with van der Waals surface area (Å²) in [5.41, 5.74) is 0.927. The van der Waals surface area contributed by atoms with Crippen molar-refractivity contribution >= 4 is 29.3 Å². The molecule has 3 rings (SSSR count). The van der Waals surface area contributed by atoms with Crippen LogP contribution in [0.3, 0.4) is 0 Å². The molecule has 0 amide bonds.